The summed E-state index contributed by atoms with van der Waals surface area (Å²) in [5.41, 5.74) is 7.93. The molecule has 0 unspecified atom stereocenters. The molecule has 6 nitrogen and oxygen atoms in total. The van der Waals surface area contributed by atoms with Crippen LogP contribution >= 0.6 is 0 Å². The predicted octanol–water partition coefficient (Wildman–Crippen LogP) is 2.54. The third-order valence-electron chi connectivity index (χ3n) is 1.47. The number of non-ortho nitro benzene ring substituents is 1. The fraction of sp³-hybridized carbons (Fsp3) is 0.143. The molecular weight excluding hydrogens is 191 g/mol. The van der Waals surface area contributed by atoms with Gasteiger partial charge in [0.15, 0.2) is 0 Å². The molecule has 0 saturated carbocycles. The number of hydrogen-bond donors (Lipinski definition) is 0. The number of nitrogens with zero attached hydrogens (tertiary/aromatic N) is 4. The molecule has 1 aromatic rings. The average molecular weight is 196 g/mol. The predicted molar refractivity (Wildman–Crippen MR) is 45.9 cm³/mol. The Morgan fingerprint density at radius 1 is 1.57 bits per heavy atom. The Balaban J connectivity index is 3.06. The standard InChI is InChI=1S/C7H5FN4O2/c8-6-1-5(4-10-11-9)2-7(3-6)12(13)14/h1-3H,4H2. The van der Waals surface area contributed by atoms with Crippen molar-refractivity contribution in [2.75, 3.05) is 0 Å². The van der Waals surface area contributed by atoms with Gasteiger partial charge in [-0.05, 0) is 17.2 Å². The van der Waals surface area contributed by atoms with Crippen LogP contribution < -0.4 is 0 Å². The van der Waals surface area contributed by atoms with E-state index in [1.54, 1.807) is 0 Å². The Morgan fingerprint density at radius 3 is 2.86 bits per heavy atom. The van der Waals surface area contributed by atoms with Crippen LogP contribution in [-0.4, -0.2) is 4.92 Å². The van der Waals surface area contributed by atoms with E-state index in [4.69, 9.17) is 5.53 Å². The van der Waals surface area contributed by atoms with Gasteiger partial charge in [0.25, 0.3) is 5.69 Å². The SMILES string of the molecule is [N-]=[N+]=NCc1cc(F)cc([N+](=O)[O-])c1. The molecule has 7 heteroatoms. The van der Waals surface area contributed by atoms with Gasteiger partial charge in [0.05, 0.1) is 17.5 Å². The minimum atomic E-state index is -0.720. The lowest BCUT2D eigenvalue weighted by Gasteiger charge is -1.96. The van der Waals surface area contributed by atoms with Crippen molar-refractivity contribution < 1.29 is 9.31 Å². The van der Waals surface area contributed by atoms with Crippen molar-refractivity contribution in [2.24, 2.45) is 5.11 Å². The number of nitro groups is 1. The first-order valence-electron chi connectivity index (χ1n) is 3.58. The summed E-state index contributed by atoms with van der Waals surface area (Å²) in [6.07, 6.45) is 0. The third-order valence-corrected chi connectivity index (χ3v) is 1.47. The Bertz CT molecular complexity index is 414. The molecule has 14 heavy (non-hydrogen) atoms. The zero-order valence-electron chi connectivity index (χ0n) is 6.92. The monoisotopic (exact) mass is 196 g/mol. The minimum absolute atomic E-state index is 0.102. The van der Waals surface area contributed by atoms with Crippen LogP contribution in [-0.2, 0) is 6.54 Å². The second-order valence-electron chi connectivity index (χ2n) is 2.46. The summed E-state index contributed by atoms with van der Waals surface area (Å²) in [5.74, 6) is -0.720. The molecule has 0 aliphatic heterocycles. The molecule has 1 aromatic carbocycles. The van der Waals surface area contributed by atoms with Gasteiger partial charge in [0.1, 0.15) is 5.82 Å². The normalized spacial score (nSPS) is 9.21. The van der Waals surface area contributed by atoms with Crippen molar-refractivity contribution in [3.05, 3.63) is 50.1 Å². The van der Waals surface area contributed by atoms with Gasteiger partial charge < -0.3 is 0 Å². The number of azide groups is 1. The Morgan fingerprint density at radius 2 is 2.29 bits per heavy atom. The van der Waals surface area contributed by atoms with Crippen LogP contribution in [0.4, 0.5) is 10.1 Å². The molecular formula is C7H5FN4O2. The molecule has 0 radical (unpaired) electrons. The van der Waals surface area contributed by atoms with Crippen molar-refractivity contribution in [2.45, 2.75) is 6.54 Å². The van der Waals surface area contributed by atoms with Gasteiger partial charge in [-0.1, -0.05) is 5.11 Å². The number of hydrogen-bond acceptors (Lipinski definition) is 3. The van der Waals surface area contributed by atoms with Crippen molar-refractivity contribution in [3.63, 3.8) is 0 Å². The van der Waals surface area contributed by atoms with Gasteiger partial charge in [-0.2, -0.15) is 0 Å². The second-order valence-corrected chi connectivity index (χ2v) is 2.46. The molecule has 0 atom stereocenters. The molecule has 1 rings (SSSR count). The molecule has 0 bridgehead atoms. The number of nitro benzene ring substituents is 1. The highest BCUT2D eigenvalue weighted by molar-refractivity contribution is 5.35. The maximum atomic E-state index is 12.8. The summed E-state index contributed by atoms with van der Waals surface area (Å²) in [5, 5.41) is 13.5. The van der Waals surface area contributed by atoms with Gasteiger partial charge in [-0.15, -0.1) is 0 Å². The maximum absolute atomic E-state index is 12.8. The molecule has 0 aromatic heterocycles. The van der Waals surface area contributed by atoms with E-state index in [1.807, 2.05) is 0 Å². The van der Waals surface area contributed by atoms with Gasteiger partial charge in [0, 0.05) is 11.0 Å². The molecule has 0 heterocycles. The van der Waals surface area contributed by atoms with E-state index >= 15 is 0 Å². The molecule has 0 fully saturated rings. The topological polar surface area (TPSA) is 91.9 Å². The average Bonchev–Trinajstić information content (AvgIpc) is 2.14. The van der Waals surface area contributed by atoms with Crippen molar-refractivity contribution in [1.29, 1.82) is 0 Å². The number of benzene rings is 1. The quantitative estimate of drug-likeness (QED) is 0.244. The Kier molecular flexibility index (Phi) is 2.98. The lowest BCUT2D eigenvalue weighted by atomic mass is 10.2. The van der Waals surface area contributed by atoms with Crippen LogP contribution in [0.1, 0.15) is 5.56 Å². The maximum Gasteiger partial charge on any atom is 0.272 e. The van der Waals surface area contributed by atoms with Gasteiger partial charge in [0.2, 0.25) is 0 Å². The number of rotatable bonds is 3. The zero-order valence-corrected chi connectivity index (χ0v) is 6.92. The Hall–Kier alpha value is -2.14. The second kappa shape index (κ2) is 4.20. The summed E-state index contributed by atoms with van der Waals surface area (Å²) >= 11 is 0. The van der Waals surface area contributed by atoms with Gasteiger partial charge in [-0.25, -0.2) is 4.39 Å². The first-order chi connectivity index (χ1) is 6.63. The number of halogens is 1. The molecule has 0 aliphatic carbocycles. The lowest BCUT2D eigenvalue weighted by molar-refractivity contribution is -0.385. The van der Waals surface area contributed by atoms with Gasteiger partial charge in [-0.3, -0.25) is 10.1 Å². The van der Waals surface area contributed by atoms with Crippen molar-refractivity contribution in [1.82, 2.24) is 0 Å². The first-order valence-corrected chi connectivity index (χ1v) is 3.58. The van der Waals surface area contributed by atoms with E-state index in [2.05, 4.69) is 10.0 Å². The summed E-state index contributed by atoms with van der Waals surface area (Å²) in [6, 6.07) is 3.05. The minimum Gasteiger partial charge on any atom is -0.258 e. The molecule has 0 spiro atoms. The van der Waals surface area contributed by atoms with E-state index in [-0.39, 0.29) is 17.8 Å². The molecule has 72 valence electrons. The zero-order chi connectivity index (χ0) is 10.6. The summed E-state index contributed by atoms with van der Waals surface area (Å²) in [7, 11) is 0. The van der Waals surface area contributed by atoms with Crippen LogP contribution in [0.5, 0.6) is 0 Å². The lowest BCUT2D eigenvalue weighted by Crippen LogP contribution is -1.91. The van der Waals surface area contributed by atoms with Crippen molar-refractivity contribution >= 4 is 5.69 Å². The highest BCUT2D eigenvalue weighted by Gasteiger charge is 2.08. The highest BCUT2D eigenvalue weighted by Crippen LogP contribution is 2.16. The fourth-order valence-electron chi connectivity index (χ4n) is 0.943. The van der Waals surface area contributed by atoms with E-state index in [1.165, 1.54) is 0 Å². The van der Waals surface area contributed by atoms with E-state index in [9.17, 15) is 14.5 Å². The Labute approximate surface area is 77.7 Å². The largest absolute Gasteiger partial charge is 0.272 e. The van der Waals surface area contributed by atoms with Crippen LogP contribution in [0.2, 0.25) is 0 Å². The van der Waals surface area contributed by atoms with Crippen LogP contribution in [0.15, 0.2) is 23.3 Å². The highest BCUT2D eigenvalue weighted by atomic mass is 19.1. The van der Waals surface area contributed by atoms with E-state index < -0.39 is 10.7 Å². The first kappa shape index (κ1) is 9.94. The van der Waals surface area contributed by atoms with E-state index in [0.29, 0.717) is 0 Å². The molecule has 0 saturated heterocycles. The third kappa shape index (κ3) is 2.43. The fourth-order valence-corrected chi connectivity index (χ4v) is 0.943. The van der Waals surface area contributed by atoms with Gasteiger partial charge >= 0.3 is 0 Å². The summed E-state index contributed by atoms with van der Waals surface area (Å²) in [4.78, 5) is 12.1. The smallest absolute Gasteiger partial charge is 0.258 e. The van der Waals surface area contributed by atoms with E-state index in [0.717, 1.165) is 18.2 Å². The van der Waals surface area contributed by atoms with Crippen molar-refractivity contribution in [3.8, 4) is 0 Å². The van der Waals surface area contributed by atoms with Crippen LogP contribution in [0, 0.1) is 15.9 Å². The molecule has 0 N–H and O–H groups in total. The molecule has 0 aliphatic rings. The summed E-state index contributed by atoms with van der Waals surface area (Å²) in [6.45, 7) is -0.102. The van der Waals surface area contributed by atoms with Crippen LogP contribution in [0.3, 0.4) is 0 Å². The molecule has 0 amide bonds. The summed E-state index contributed by atoms with van der Waals surface area (Å²) < 4.78 is 12.8. The van der Waals surface area contributed by atoms with Crippen LogP contribution in [0.25, 0.3) is 10.4 Å².